The molecule has 150 valence electrons. The Balaban J connectivity index is 1.47. The van der Waals surface area contributed by atoms with Gasteiger partial charge in [-0.3, -0.25) is 4.57 Å². The maximum absolute atomic E-state index is 12.6. The molecule has 6 nitrogen and oxygen atoms in total. The molecule has 27 heavy (non-hydrogen) atoms. The van der Waals surface area contributed by atoms with E-state index in [1.807, 2.05) is 12.1 Å². The normalized spacial score (nSPS) is 26.4. The summed E-state index contributed by atoms with van der Waals surface area (Å²) in [6, 6.07) is 7.00. The molecule has 0 bridgehead atoms. The smallest absolute Gasteiger partial charge is 0.335 e. The molecule has 1 saturated carbocycles. The van der Waals surface area contributed by atoms with E-state index >= 15 is 0 Å². The van der Waals surface area contributed by atoms with Gasteiger partial charge >= 0.3 is 5.97 Å². The predicted molar refractivity (Wildman–Crippen MR) is 105 cm³/mol. The Labute approximate surface area is 160 Å². The summed E-state index contributed by atoms with van der Waals surface area (Å²) in [5.74, 6) is -0.546. The highest BCUT2D eigenvalue weighted by molar-refractivity contribution is 7.58. The summed E-state index contributed by atoms with van der Waals surface area (Å²) < 4.78 is 18.5. The van der Waals surface area contributed by atoms with Gasteiger partial charge in [0.1, 0.15) is 0 Å². The van der Waals surface area contributed by atoms with E-state index < -0.39 is 13.3 Å². The molecule has 0 spiro atoms. The number of morpholine rings is 1. The number of carbonyl (C=O) groups is 1. The Bertz CT molecular complexity index is 681. The third-order valence-corrected chi connectivity index (χ3v) is 7.70. The number of ether oxygens (including phenoxy) is 1. The summed E-state index contributed by atoms with van der Waals surface area (Å²) in [7, 11) is -3.18. The van der Waals surface area contributed by atoms with Gasteiger partial charge in [-0.1, -0.05) is 37.5 Å². The van der Waals surface area contributed by atoms with Gasteiger partial charge in [0.25, 0.3) is 0 Å². The van der Waals surface area contributed by atoms with Crippen LogP contribution in [0, 0.1) is 5.92 Å². The number of benzene rings is 1. The van der Waals surface area contributed by atoms with E-state index in [9.17, 15) is 19.4 Å². The summed E-state index contributed by atoms with van der Waals surface area (Å²) in [5, 5.41) is 12.6. The molecule has 0 aromatic heterocycles. The Hall–Kier alpha value is -1.20. The zero-order valence-corrected chi connectivity index (χ0v) is 16.6. The van der Waals surface area contributed by atoms with Crippen molar-refractivity contribution in [3.05, 3.63) is 35.4 Å². The van der Waals surface area contributed by atoms with E-state index in [2.05, 4.69) is 5.32 Å². The van der Waals surface area contributed by atoms with Crippen LogP contribution in [0.15, 0.2) is 24.3 Å². The number of carboxylic acid groups (broad SMARTS) is 1. The molecule has 1 aromatic carbocycles. The Morgan fingerprint density at radius 3 is 2.59 bits per heavy atom. The highest BCUT2D eigenvalue weighted by atomic mass is 31.2. The summed E-state index contributed by atoms with van der Waals surface area (Å²) >= 11 is 0. The van der Waals surface area contributed by atoms with Crippen molar-refractivity contribution in [2.75, 3.05) is 25.5 Å². The van der Waals surface area contributed by atoms with Crippen LogP contribution in [0.1, 0.15) is 48.0 Å². The van der Waals surface area contributed by atoms with Crippen LogP contribution in [-0.4, -0.2) is 53.6 Å². The molecule has 0 amide bonds. The second-order valence-electron chi connectivity index (χ2n) is 7.94. The SMILES string of the molecule is O=C(O)c1ccccc1CC1COC(CP(=O)(O)CC2CCCCC2)CN1. The molecule has 1 aliphatic carbocycles. The molecule has 0 radical (unpaired) electrons. The first-order valence-electron chi connectivity index (χ1n) is 9.90. The second kappa shape index (κ2) is 9.33. The summed E-state index contributed by atoms with van der Waals surface area (Å²) in [6.45, 7) is 0.942. The minimum Gasteiger partial charge on any atom is -0.478 e. The van der Waals surface area contributed by atoms with Gasteiger partial charge in [0.05, 0.1) is 24.4 Å². The molecule has 2 aliphatic rings. The number of hydrogen-bond donors (Lipinski definition) is 3. The van der Waals surface area contributed by atoms with Gasteiger partial charge < -0.3 is 20.1 Å². The third-order valence-electron chi connectivity index (χ3n) is 5.64. The van der Waals surface area contributed by atoms with Crippen LogP contribution >= 0.6 is 7.37 Å². The van der Waals surface area contributed by atoms with E-state index in [0.29, 0.717) is 37.2 Å². The average molecular weight is 395 g/mol. The highest BCUT2D eigenvalue weighted by Gasteiger charge is 2.31. The fourth-order valence-electron chi connectivity index (χ4n) is 4.25. The van der Waals surface area contributed by atoms with E-state index in [1.54, 1.807) is 12.1 Å². The quantitative estimate of drug-likeness (QED) is 0.614. The first kappa shape index (κ1) is 20.5. The first-order valence-corrected chi connectivity index (χ1v) is 11.9. The van der Waals surface area contributed by atoms with E-state index in [1.165, 1.54) is 19.3 Å². The van der Waals surface area contributed by atoms with Crippen molar-refractivity contribution in [3.63, 3.8) is 0 Å². The number of carboxylic acids is 1. The minimum absolute atomic E-state index is 0.0122. The molecule has 7 heteroatoms. The van der Waals surface area contributed by atoms with Crippen molar-refractivity contribution < 1.29 is 24.1 Å². The Morgan fingerprint density at radius 2 is 1.93 bits per heavy atom. The van der Waals surface area contributed by atoms with Gasteiger partial charge in [0.15, 0.2) is 0 Å². The van der Waals surface area contributed by atoms with E-state index in [-0.39, 0.29) is 18.3 Å². The fourth-order valence-corrected chi connectivity index (χ4v) is 6.45. The van der Waals surface area contributed by atoms with Crippen molar-refractivity contribution in [1.82, 2.24) is 5.32 Å². The molecular weight excluding hydrogens is 365 g/mol. The number of aromatic carboxylic acids is 1. The van der Waals surface area contributed by atoms with Crippen LogP contribution in [0.25, 0.3) is 0 Å². The lowest BCUT2D eigenvalue weighted by molar-refractivity contribution is 0.0161. The number of rotatable bonds is 7. The molecule has 1 aliphatic heterocycles. The van der Waals surface area contributed by atoms with Crippen molar-refractivity contribution in [2.24, 2.45) is 5.92 Å². The van der Waals surface area contributed by atoms with Crippen LogP contribution in [0.4, 0.5) is 0 Å². The topological polar surface area (TPSA) is 95.9 Å². The lowest BCUT2D eigenvalue weighted by atomic mass is 9.91. The average Bonchev–Trinajstić information content (AvgIpc) is 2.64. The van der Waals surface area contributed by atoms with Gasteiger partial charge in [-0.05, 0) is 36.8 Å². The van der Waals surface area contributed by atoms with Crippen LogP contribution in [0.5, 0.6) is 0 Å². The maximum atomic E-state index is 12.6. The fraction of sp³-hybridized carbons (Fsp3) is 0.650. The highest BCUT2D eigenvalue weighted by Crippen LogP contribution is 2.46. The maximum Gasteiger partial charge on any atom is 0.335 e. The summed E-state index contributed by atoms with van der Waals surface area (Å²) in [6.07, 6.45) is 6.66. The summed E-state index contributed by atoms with van der Waals surface area (Å²) in [5.41, 5.74) is 1.09. The van der Waals surface area contributed by atoms with Crippen molar-refractivity contribution in [2.45, 2.75) is 50.7 Å². The van der Waals surface area contributed by atoms with Crippen LogP contribution < -0.4 is 5.32 Å². The van der Waals surface area contributed by atoms with Gasteiger partial charge in [-0.25, -0.2) is 4.79 Å². The van der Waals surface area contributed by atoms with Crippen LogP contribution in [0.2, 0.25) is 0 Å². The number of hydrogen-bond acceptors (Lipinski definition) is 4. The van der Waals surface area contributed by atoms with E-state index in [4.69, 9.17) is 4.74 Å². The van der Waals surface area contributed by atoms with Crippen LogP contribution in [-0.2, 0) is 15.7 Å². The lowest BCUT2D eigenvalue weighted by Crippen LogP contribution is -2.48. The first-order chi connectivity index (χ1) is 12.9. The molecule has 3 N–H and O–H groups in total. The molecule has 1 saturated heterocycles. The largest absolute Gasteiger partial charge is 0.478 e. The molecule has 1 heterocycles. The van der Waals surface area contributed by atoms with Crippen LogP contribution in [0.3, 0.4) is 0 Å². The van der Waals surface area contributed by atoms with Gasteiger partial charge in [-0.15, -0.1) is 0 Å². The molecule has 1 aromatic rings. The standard InChI is InChI=1S/C20H30NO5P/c22-20(23)19-9-5-4-8-16(19)10-17-12-26-18(11-21-17)14-27(24,25)13-15-6-2-1-3-7-15/h4-5,8-9,15,17-18,21H,1-3,6-7,10-14H2,(H,22,23)(H,24,25). The predicted octanol–water partition coefficient (Wildman–Crippen LogP) is 3.14. The Kier molecular flexibility index (Phi) is 7.10. The molecule has 3 unspecified atom stereocenters. The Morgan fingerprint density at radius 1 is 1.19 bits per heavy atom. The number of nitrogens with one attached hydrogen (secondary N) is 1. The monoisotopic (exact) mass is 395 g/mol. The molecular formula is C20H30NO5P. The van der Waals surface area contributed by atoms with Crippen molar-refractivity contribution >= 4 is 13.3 Å². The zero-order valence-electron chi connectivity index (χ0n) is 15.7. The van der Waals surface area contributed by atoms with Gasteiger partial charge in [0, 0.05) is 18.7 Å². The van der Waals surface area contributed by atoms with E-state index in [0.717, 1.165) is 18.4 Å². The minimum atomic E-state index is -3.18. The molecule has 3 rings (SSSR count). The van der Waals surface area contributed by atoms with Crippen molar-refractivity contribution in [3.8, 4) is 0 Å². The van der Waals surface area contributed by atoms with Crippen molar-refractivity contribution in [1.29, 1.82) is 0 Å². The second-order valence-corrected chi connectivity index (χ2v) is 10.4. The third kappa shape index (κ3) is 6.15. The zero-order chi connectivity index (χ0) is 19.3. The van der Waals surface area contributed by atoms with Gasteiger partial charge in [-0.2, -0.15) is 0 Å². The molecule has 3 atom stereocenters. The van der Waals surface area contributed by atoms with Gasteiger partial charge in [0.2, 0.25) is 7.37 Å². The summed E-state index contributed by atoms with van der Waals surface area (Å²) in [4.78, 5) is 21.7. The lowest BCUT2D eigenvalue weighted by Gasteiger charge is -2.32. The molecule has 2 fully saturated rings.